The summed E-state index contributed by atoms with van der Waals surface area (Å²) in [5.41, 5.74) is 1.69. The molecular weight excluding hydrogens is 534 g/mol. The molecule has 4 rings (SSSR count). The second kappa shape index (κ2) is 12.4. The molecule has 0 fully saturated rings. The first-order valence-electron chi connectivity index (χ1n) is 13.5. The molecule has 0 spiro atoms. The number of hydrogen-bond donors (Lipinski definition) is 1. The van der Waals surface area contributed by atoms with Crippen molar-refractivity contribution in [2.75, 3.05) is 30.9 Å². The number of carbonyl (C=O) groups excluding carboxylic acids is 2. The fraction of sp³-hybridized carbons (Fsp3) is 0.433. The van der Waals surface area contributed by atoms with Crippen LogP contribution in [0.1, 0.15) is 69.0 Å². The van der Waals surface area contributed by atoms with Gasteiger partial charge < -0.3 is 10.1 Å². The maximum absolute atomic E-state index is 15.3. The van der Waals surface area contributed by atoms with E-state index in [1.54, 1.807) is 23.9 Å². The van der Waals surface area contributed by atoms with Crippen LogP contribution in [-0.4, -0.2) is 47.5 Å². The zero-order chi connectivity index (χ0) is 29.0. The van der Waals surface area contributed by atoms with E-state index in [0.29, 0.717) is 35.1 Å². The molecule has 1 N–H and O–H groups in total. The maximum Gasteiger partial charge on any atom is 0.240 e. The highest BCUT2D eigenvalue weighted by atomic mass is 32.2. The molecule has 1 atom stereocenters. The summed E-state index contributed by atoms with van der Waals surface area (Å²) in [6.45, 7) is 8.38. The third-order valence-corrected chi connectivity index (χ3v) is 8.00. The van der Waals surface area contributed by atoms with Crippen molar-refractivity contribution in [3.63, 3.8) is 0 Å². The second-order valence-electron chi connectivity index (χ2n) is 10.8. The third-order valence-electron chi connectivity index (χ3n) is 6.77. The molecule has 1 aromatic heterocycles. The number of hydrogen-bond acceptors (Lipinski definition) is 5. The van der Waals surface area contributed by atoms with Gasteiger partial charge in [0.05, 0.1) is 29.5 Å². The van der Waals surface area contributed by atoms with Gasteiger partial charge in [0, 0.05) is 29.2 Å². The number of unbranched alkanes of at least 4 members (excludes halogenated alkanes) is 2. The summed E-state index contributed by atoms with van der Waals surface area (Å²) in [5.74, 6) is -0.896. The number of benzene rings is 2. The van der Waals surface area contributed by atoms with Gasteiger partial charge in [-0.25, -0.2) is 13.5 Å². The molecule has 0 aliphatic carbocycles. The van der Waals surface area contributed by atoms with Gasteiger partial charge in [-0.3, -0.25) is 14.5 Å². The Morgan fingerprint density at radius 2 is 1.88 bits per heavy atom. The predicted molar refractivity (Wildman–Crippen MR) is 154 cm³/mol. The summed E-state index contributed by atoms with van der Waals surface area (Å²) in [4.78, 5) is 28.2. The Balaban J connectivity index is 1.92. The van der Waals surface area contributed by atoms with Crippen molar-refractivity contribution >= 4 is 29.4 Å². The van der Waals surface area contributed by atoms with Crippen molar-refractivity contribution < 1.29 is 23.1 Å². The lowest BCUT2D eigenvalue weighted by Crippen LogP contribution is -2.42. The highest BCUT2D eigenvalue weighted by Crippen LogP contribution is 2.49. The van der Waals surface area contributed by atoms with Gasteiger partial charge in [-0.1, -0.05) is 46.6 Å². The maximum atomic E-state index is 15.3. The number of ether oxygens (including phenoxy) is 1. The standard InChI is InChI=1S/C30H36F2N4O3S/c1-6-7-8-15-33-24(37)17-35-25(38)18-40-27(22-14-9-19(31)16-23(22)32)26-28(30(2,3)4)34-36(29(26)35)20-10-12-21(39-5)13-11-20/h9-14,16,27H,6-8,15,17-18H2,1-5H3,(H,33,37). The van der Waals surface area contributed by atoms with Crippen molar-refractivity contribution in [3.05, 3.63) is 70.9 Å². The number of halogens is 2. The van der Waals surface area contributed by atoms with E-state index in [1.165, 1.54) is 28.8 Å². The van der Waals surface area contributed by atoms with Gasteiger partial charge in [0.2, 0.25) is 11.8 Å². The highest BCUT2D eigenvalue weighted by Gasteiger charge is 2.40. The summed E-state index contributed by atoms with van der Waals surface area (Å²) >= 11 is 1.25. The molecule has 1 aliphatic rings. The van der Waals surface area contributed by atoms with Crippen molar-refractivity contribution in [1.82, 2.24) is 15.1 Å². The SMILES string of the molecule is CCCCCNC(=O)CN1C(=O)CSC(c2ccc(F)cc2F)c2c(C(C)(C)C)nn(-c3ccc(OC)cc3)c21. The Morgan fingerprint density at radius 1 is 1.15 bits per heavy atom. The van der Waals surface area contributed by atoms with Crippen molar-refractivity contribution in [1.29, 1.82) is 0 Å². The third kappa shape index (κ3) is 6.32. The van der Waals surface area contributed by atoms with Crippen LogP contribution < -0.4 is 15.0 Å². The van der Waals surface area contributed by atoms with Crippen LogP contribution in [0, 0.1) is 11.6 Å². The molecule has 0 bridgehead atoms. The van der Waals surface area contributed by atoms with Gasteiger partial charge in [-0.15, -0.1) is 11.8 Å². The number of anilines is 1. The highest BCUT2D eigenvalue weighted by molar-refractivity contribution is 8.00. The largest absolute Gasteiger partial charge is 0.497 e. The molecule has 2 amide bonds. The monoisotopic (exact) mass is 570 g/mol. The summed E-state index contributed by atoms with van der Waals surface area (Å²) < 4.78 is 36.1. The molecule has 2 heterocycles. The molecule has 1 unspecified atom stereocenters. The van der Waals surface area contributed by atoms with Crippen LogP contribution in [0.15, 0.2) is 42.5 Å². The number of methoxy groups -OCH3 is 1. The minimum absolute atomic E-state index is 0.00543. The average Bonchev–Trinajstić information content (AvgIpc) is 3.25. The average molecular weight is 571 g/mol. The van der Waals surface area contributed by atoms with Crippen LogP contribution in [0.3, 0.4) is 0 Å². The first-order chi connectivity index (χ1) is 19.0. The number of rotatable bonds is 9. The number of fused-ring (bicyclic) bond motifs is 1. The lowest BCUT2D eigenvalue weighted by atomic mass is 9.87. The Hall–Kier alpha value is -3.40. The predicted octanol–water partition coefficient (Wildman–Crippen LogP) is 5.93. The fourth-order valence-electron chi connectivity index (χ4n) is 4.74. The van der Waals surface area contributed by atoms with Crippen LogP contribution in [-0.2, 0) is 15.0 Å². The number of thioether (sulfide) groups is 1. The molecule has 0 saturated heterocycles. The van der Waals surface area contributed by atoms with Crippen molar-refractivity contribution in [2.24, 2.45) is 0 Å². The molecule has 10 heteroatoms. The van der Waals surface area contributed by atoms with E-state index in [-0.39, 0.29) is 29.7 Å². The van der Waals surface area contributed by atoms with Crippen LogP contribution in [0.25, 0.3) is 5.69 Å². The fourth-order valence-corrected chi connectivity index (χ4v) is 5.96. The van der Waals surface area contributed by atoms with E-state index in [2.05, 4.69) is 12.2 Å². The Morgan fingerprint density at radius 3 is 2.50 bits per heavy atom. The van der Waals surface area contributed by atoms with E-state index in [4.69, 9.17) is 9.84 Å². The first kappa shape index (κ1) is 29.6. The number of carbonyl (C=O) groups is 2. The van der Waals surface area contributed by atoms with E-state index in [1.807, 2.05) is 32.9 Å². The molecule has 40 heavy (non-hydrogen) atoms. The van der Waals surface area contributed by atoms with Crippen molar-refractivity contribution in [2.45, 2.75) is 57.6 Å². The van der Waals surface area contributed by atoms with Gasteiger partial charge in [0.15, 0.2) is 0 Å². The van der Waals surface area contributed by atoms with Gasteiger partial charge >= 0.3 is 0 Å². The first-order valence-corrected chi connectivity index (χ1v) is 14.5. The van der Waals surface area contributed by atoms with Crippen LogP contribution in [0.4, 0.5) is 14.6 Å². The second-order valence-corrected chi connectivity index (χ2v) is 11.9. The lowest BCUT2D eigenvalue weighted by Gasteiger charge is -2.24. The quantitative estimate of drug-likeness (QED) is 0.323. The Labute approximate surface area is 238 Å². The summed E-state index contributed by atoms with van der Waals surface area (Å²) in [7, 11) is 1.57. The van der Waals surface area contributed by atoms with Crippen LogP contribution in [0.2, 0.25) is 0 Å². The smallest absolute Gasteiger partial charge is 0.240 e. The normalized spacial score (nSPS) is 15.5. The molecule has 1 aliphatic heterocycles. The lowest BCUT2D eigenvalue weighted by molar-refractivity contribution is -0.122. The van der Waals surface area contributed by atoms with Gasteiger partial charge in [0.25, 0.3) is 0 Å². The van der Waals surface area contributed by atoms with Crippen LogP contribution in [0.5, 0.6) is 5.75 Å². The topological polar surface area (TPSA) is 76.5 Å². The van der Waals surface area contributed by atoms with Crippen LogP contribution >= 0.6 is 11.8 Å². The number of aromatic nitrogens is 2. The molecule has 3 aromatic rings. The number of nitrogens with one attached hydrogen (secondary N) is 1. The Bertz CT molecular complexity index is 1370. The van der Waals surface area contributed by atoms with E-state index in [9.17, 15) is 14.0 Å². The van der Waals surface area contributed by atoms with Gasteiger partial charge in [-0.05, 0) is 36.8 Å². The van der Waals surface area contributed by atoms with Crippen molar-refractivity contribution in [3.8, 4) is 11.4 Å². The number of nitrogens with zero attached hydrogens (tertiary/aromatic N) is 3. The minimum atomic E-state index is -0.699. The zero-order valence-corrected chi connectivity index (χ0v) is 24.4. The molecule has 214 valence electrons. The summed E-state index contributed by atoms with van der Waals surface area (Å²) in [5, 5.41) is 7.24. The Kier molecular flexibility index (Phi) is 9.18. The summed E-state index contributed by atoms with van der Waals surface area (Å²) in [6.07, 6.45) is 2.87. The minimum Gasteiger partial charge on any atom is -0.497 e. The molecule has 0 radical (unpaired) electrons. The van der Waals surface area contributed by atoms with Gasteiger partial charge in [0.1, 0.15) is 29.7 Å². The molecule has 2 aromatic carbocycles. The molecule has 7 nitrogen and oxygen atoms in total. The van der Waals surface area contributed by atoms with E-state index < -0.39 is 22.3 Å². The van der Waals surface area contributed by atoms with E-state index >= 15 is 4.39 Å². The number of amides is 2. The summed E-state index contributed by atoms with van der Waals surface area (Å²) in [6, 6.07) is 10.7. The molecule has 0 saturated carbocycles. The molecular formula is C30H36F2N4O3S. The zero-order valence-electron chi connectivity index (χ0n) is 23.6. The van der Waals surface area contributed by atoms with E-state index in [0.717, 1.165) is 25.3 Å². The van der Waals surface area contributed by atoms with Gasteiger partial charge in [-0.2, -0.15) is 5.10 Å².